The van der Waals surface area contributed by atoms with Crippen molar-refractivity contribution in [3.63, 3.8) is 0 Å². The van der Waals surface area contributed by atoms with Gasteiger partial charge in [-0.15, -0.1) is 10.2 Å². The summed E-state index contributed by atoms with van der Waals surface area (Å²) >= 11 is 0. The molecule has 0 saturated carbocycles. The number of para-hydroxylation sites is 1. The monoisotopic (exact) mass is 360 g/mol. The highest BCUT2D eigenvalue weighted by atomic mass is 16.1. The van der Waals surface area contributed by atoms with Crippen LogP contribution in [0.1, 0.15) is 35.5 Å². The van der Waals surface area contributed by atoms with Crippen LogP contribution in [-0.2, 0) is 6.54 Å². The van der Waals surface area contributed by atoms with Gasteiger partial charge in [-0.05, 0) is 50.1 Å². The highest BCUT2D eigenvalue weighted by Gasteiger charge is 2.15. The highest BCUT2D eigenvalue weighted by molar-refractivity contribution is 6.03. The maximum atomic E-state index is 12.4. The van der Waals surface area contributed by atoms with E-state index in [1.54, 1.807) is 6.07 Å². The number of aryl methyl sites for hydroxylation is 1. The molecule has 0 aliphatic carbocycles. The number of benzene rings is 2. The lowest BCUT2D eigenvalue weighted by molar-refractivity contribution is 0.102. The Balaban J connectivity index is 1.74. The normalized spacial score (nSPS) is 10.7. The fourth-order valence-corrected chi connectivity index (χ4v) is 2.81. The van der Waals surface area contributed by atoms with Crippen LogP contribution in [0.5, 0.6) is 0 Å². The number of aromatic nitrogens is 2. The van der Waals surface area contributed by atoms with Crippen molar-refractivity contribution >= 4 is 17.4 Å². The number of carbonyl (C=O) groups is 1. The van der Waals surface area contributed by atoms with Gasteiger partial charge >= 0.3 is 0 Å². The maximum Gasteiger partial charge on any atom is 0.276 e. The van der Waals surface area contributed by atoms with Gasteiger partial charge in [-0.25, -0.2) is 0 Å². The number of nitrogens with one attached hydrogen (secondary N) is 1. The highest BCUT2D eigenvalue weighted by Crippen LogP contribution is 2.18. The van der Waals surface area contributed by atoms with Gasteiger partial charge in [0.2, 0.25) is 0 Å². The summed E-state index contributed by atoms with van der Waals surface area (Å²) in [6.07, 6.45) is 0. The summed E-state index contributed by atoms with van der Waals surface area (Å²) < 4.78 is 0. The number of hydrogen-bond donors (Lipinski definition) is 1. The van der Waals surface area contributed by atoms with Gasteiger partial charge in [0.25, 0.3) is 5.91 Å². The predicted molar refractivity (Wildman–Crippen MR) is 109 cm³/mol. The molecule has 0 spiro atoms. The van der Waals surface area contributed by atoms with E-state index in [-0.39, 0.29) is 11.9 Å². The van der Waals surface area contributed by atoms with Crippen LogP contribution in [0, 0.1) is 6.92 Å². The van der Waals surface area contributed by atoms with Crippen LogP contribution >= 0.6 is 0 Å². The third-order valence-corrected chi connectivity index (χ3v) is 4.39. The summed E-state index contributed by atoms with van der Waals surface area (Å²) in [6, 6.07) is 21.7. The van der Waals surface area contributed by atoms with Gasteiger partial charge in [0.05, 0.1) is 0 Å². The Morgan fingerprint density at radius 2 is 1.67 bits per heavy atom. The van der Waals surface area contributed by atoms with E-state index < -0.39 is 0 Å². The van der Waals surface area contributed by atoms with E-state index in [0.717, 1.165) is 23.6 Å². The summed E-state index contributed by atoms with van der Waals surface area (Å²) in [5.41, 5.74) is 3.28. The molecule has 0 bridgehead atoms. The minimum Gasteiger partial charge on any atom is -0.348 e. The van der Waals surface area contributed by atoms with Crippen LogP contribution in [0.2, 0.25) is 0 Å². The lowest BCUT2D eigenvalue weighted by Crippen LogP contribution is -2.31. The topological polar surface area (TPSA) is 58.1 Å². The molecular formula is C22H24N4O. The number of hydrogen-bond acceptors (Lipinski definition) is 4. The SMILES string of the molecule is Cc1ccccc1NC(=O)c1ccc(N(Cc2ccccc2)C(C)C)nn1. The molecule has 0 radical (unpaired) electrons. The maximum absolute atomic E-state index is 12.4. The van der Waals surface area contributed by atoms with Crippen LogP contribution in [0.3, 0.4) is 0 Å². The largest absolute Gasteiger partial charge is 0.348 e. The Hall–Kier alpha value is -3.21. The molecule has 0 aliphatic heterocycles. The van der Waals surface area contributed by atoms with Crippen molar-refractivity contribution in [1.82, 2.24) is 10.2 Å². The molecule has 1 heterocycles. The van der Waals surface area contributed by atoms with E-state index in [1.165, 1.54) is 5.56 Å². The molecule has 3 rings (SSSR count). The fourth-order valence-electron chi connectivity index (χ4n) is 2.81. The van der Waals surface area contributed by atoms with Crippen LogP contribution in [0.25, 0.3) is 0 Å². The van der Waals surface area contributed by atoms with E-state index in [9.17, 15) is 4.79 Å². The zero-order valence-corrected chi connectivity index (χ0v) is 15.9. The minimum absolute atomic E-state index is 0.256. The zero-order chi connectivity index (χ0) is 19.2. The van der Waals surface area contributed by atoms with E-state index in [2.05, 4.69) is 46.4 Å². The number of nitrogens with zero attached hydrogens (tertiary/aromatic N) is 3. The van der Waals surface area contributed by atoms with Gasteiger partial charge in [0, 0.05) is 18.3 Å². The minimum atomic E-state index is -0.262. The molecule has 3 aromatic rings. The van der Waals surface area contributed by atoms with Gasteiger partial charge in [0.1, 0.15) is 0 Å². The average Bonchev–Trinajstić information content (AvgIpc) is 2.68. The molecule has 0 aliphatic rings. The summed E-state index contributed by atoms with van der Waals surface area (Å²) in [5, 5.41) is 11.3. The van der Waals surface area contributed by atoms with Gasteiger partial charge < -0.3 is 10.2 Å². The van der Waals surface area contributed by atoms with Crippen molar-refractivity contribution in [2.75, 3.05) is 10.2 Å². The lowest BCUT2D eigenvalue weighted by atomic mass is 10.2. The lowest BCUT2D eigenvalue weighted by Gasteiger charge is -2.27. The molecule has 1 amide bonds. The third kappa shape index (κ3) is 4.70. The van der Waals surface area contributed by atoms with E-state index in [1.807, 2.05) is 55.5 Å². The van der Waals surface area contributed by atoms with Crippen molar-refractivity contribution in [2.24, 2.45) is 0 Å². The molecule has 1 aromatic heterocycles. The fraction of sp³-hybridized carbons (Fsp3) is 0.227. The summed E-state index contributed by atoms with van der Waals surface area (Å²) in [7, 11) is 0. The molecular weight excluding hydrogens is 336 g/mol. The van der Waals surface area contributed by atoms with Crippen LogP contribution in [0.15, 0.2) is 66.7 Å². The Kier molecular flexibility index (Phi) is 5.81. The van der Waals surface area contributed by atoms with Crippen LogP contribution in [-0.4, -0.2) is 22.1 Å². The Labute approximate surface area is 160 Å². The first kappa shape index (κ1) is 18.6. The van der Waals surface area contributed by atoms with E-state index in [4.69, 9.17) is 0 Å². The molecule has 0 fully saturated rings. The van der Waals surface area contributed by atoms with Crippen molar-refractivity contribution < 1.29 is 4.79 Å². The van der Waals surface area contributed by atoms with Gasteiger partial charge in [-0.3, -0.25) is 4.79 Å². The Morgan fingerprint density at radius 3 is 2.30 bits per heavy atom. The number of anilines is 2. The van der Waals surface area contributed by atoms with Crippen molar-refractivity contribution in [1.29, 1.82) is 0 Å². The van der Waals surface area contributed by atoms with Crippen LogP contribution in [0.4, 0.5) is 11.5 Å². The number of rotatable bonds is 6. The Bertz CT molecular complexity index is 892. The van der Waals surface area contributed by atoms with Gasteiger partial charge in [0.15, 0.2) is 11.5 Å². The second kappa shape index (κ2) is 8.45. The smallest absolute Gasteiger partial charge is 0.276 e. The molecule has 0 atom stereocenters. The molecule has 1 N–H and O–H groups in total. The first-order valence-electron chi connectivity index (χ1n) is 9.06. The first-order chi connectivity index (χ1) is 13.0. The second-order valence-corrected chi connectivity index (χ2v) is 6.75. The molecule has 0 saturated heterocycles. The average molecular weight is 360 g/mol. The molecule has 5 heteroatoms. The molecule has 138 valence electrons. The van der Waals surface area contributed by atoms with Crippen molar-refractivity contribution in [3.05, 3.63) is 83.6 Å². The summed E-state index contributed by atoms with van der Waals surface area (Å²) in [5.74, 6) is 0.490. The van der Waals surface area contributed by atoms with Crippen molar-refractivity contribution in [3.8, 4) is 0 Å². The van der Waals surface area contributed by atoms with Crippen LogP contribution < -0.4 is 10.2 Å². The standard InChI is InChI=1S/C22H24N4O/c1-16(2)26(15-18-10-5-4-6-11-18)21-14-13-20(24-25-21)22(27)23-19-12-8-7-9-17(19)3/h4-14,16H,15H2,1-3H3,(H,23,27). The summed E-state index contributed by atoms with van der Waals surface area (Å²) in [4.78, 5) is 14.6. The first-order valence-corrected chi connectivity index (χ1v) is 9.06. The third-order valence-electron chi connectivity index (χ3n) is 4.39. The van der Waals surface area contributed by atoms with E-state index >= 15 is 0 Å². The molecule has 5 nitrogen and oxygen atoms in total. The zero-order valence-electron chi connectivity index (χ0n) is 15.9. The van der Waals surface area contributed by atoms with E-state index in [0.29, 0.717) is 5.69 Å². The summed E-state index contributed by atoms with van der Waals surface area (Å²) in [6.45, 7) is 6.92. The molecule has 2 aromatic carbocycles. The van der Waals surface area contributed by atoms with Gasteiger partial charge in [-0.2, -0.15) is 0 Å². The predicted octanol–water partition coefficient (Wildman–Crippen LogP) is 4.45. The van der Waals surface area contributed by atoms with Gasteiger partial charge in [-0.1, -0.05) is 48.5 Å². The Morgan fingerprint density at radius 1 is 0.963 bits per heavy atom. The number of amides is 1. The van der Waals surface area contributed by atoms with Crippen molar-refractivity contribution in [2.45, 2.75) is 33.4 Å². The molecule has 0 unspecified atom stereocenters. The second-order valence-electron chi connectivity index (χ2n) is 6.75. The quantitative estimate of drug-likeness (QED) is 0.705. The molecule has 27 heavy (non-hydrogen) atoms. The number of carbonyl (C=O) groups excluding carboxylic acids is 1.